The van der Waals surface area contributed by atoms with E-state index in [1.165, 1.54) is 11.3 Å². The fourth-order valence-corrected chi connectivity index (χ4v) is 3.58. The van der Waals surface area contributed by atoms with Crippen LogP contribution in [-0.2, 0) is 12.8 Å². The third-order valence-corrected chi connectivity index (χ3v) is 4.78. The van der Waals surface area contributed by atoms with Crippen molar-refractivity contribution in [3.8, 4) is 22.8 Å². The summed E-state index contributed by atoms with van der Waals surface area (Å²) in [5.74, 6) is 1.48. The third-order valence-electron chi connectivity index (χ3n) is 3.65. The first kappa shape index (κ1) is 15.2. The first-order chi connectivity index (χ1) is 11.7. The number of nitrogens with two attached hydrogens (primary N) is 1. The molecule has 3 aromatic rings. The number of nitrogens with zero attached hydrogens (tertiary/aromatic N) is 3. The molecule has 0 bridgehead atoms. The number of rotatable bonds is 4. The molecule has 0 amide bonds. The molecule has 8 heteroatoms. The Morgan fingerprint density at radius 2 is 2.00 bits per heavy atom. The van der Waals surface area contributed by atoms with Gasteiger partial charge in [-0.1, -0.05) is 0 Å². The summed E-state index contributed by atoms with van der Waals surface area (Å²) < 4.78 is 10.8. The Labute approximate surface area is 147 Å². The Balaban J connectivity index is 1.61. The standard InChI is InChI=1S/C16H13ClN4O2S/c17-15-19-6-5-10(20-15)2-4-13-14(21-16(18)24-13)9-1-3-11-12(7-9)23-8-22-11/h1,3,5-7H,2,4,8H2,(H2,18,21). The number of nitrogen functional groups attached to an aromatic ring is 1. The summed E-state index contributed by atoms with van der Waals surface area (Å²) >= 11 is 7.32. The Hall–Kier alpha value is -2.38. The lowest BCUT2D eigenvalue weighted by atomic mass is 10.1. The van der Waals surface area contributed by atoms with Crippen LogP contribution in [-0.4, -0.2) is 21.7 Å². The average Bonchev–Trinajstić information content (AvgIpc) is 3.18. The molecule has 0 atom stereocenters. The molecular weight excluding hydrogens is 348 g/mol. The van der Waals surface area contributed by atoms with E-state index < -0.39 is 0 Å². The zero-order valence-corrected chi connectivity index (χ0v) is 14.1. The normalized spacial score (nSPS) is 12.5. The Morgan fingerprint density at radius 3 is 2.88 bits per heavy atom. The number of hydrogen-bond donors (Lipinski definition) is 1. The van der Waals surface area contributed by atoms with Gasteiger partial charge in [0.15, 0.2) is 16.6 Å². The summed E-state index contributed by atoms with van der Waals surface area (Å²) in [5, 5.41) is 0.797. The summed E-state index contributed by atoms with van der Waals surface area (Å²) in [6.07, 6.45) is 3.16. The van der Waals surface area contributed by atoms with Crippen molar-refractivity contribution in [2.24, 2.45) is 0 Å². The molecule has 1 aliphatic heterocycles. The van der Waals surface area contributed by atoms with Crippen molar-refractivity contribution in [1.82, 2.24) is 15.0 Å². The molecule has 1 aromatic carbocycles. The van der Waals surface area contributed by atoms with Gasteiger partial charge in [0.1, 0.15) is 0 Å². The second-order valence-corrected chi connectivity index (χ2v) is 6.66. The van der Waals surface area contributed by atoms with E-state index in [1.807, 2.05) is 24.3 Å². The number of ether oxygens (including phenoxy) is 2. The fraction of sp³-hybridized carbons (Fsp3) is 0.188. The second kappa shape index (κ2) is 6.26. The highest BCUT2D eigenvalue weighted by molar-refractivity contribution is 7.15. The molecule has 2 aromatic heterocycles. The minimum absolute atomic E-state index is 0.249. The van der Waals surface area contributed by atoms with Crippen molar-refractivity contribution < 1.29 is 9.47 Å². The topological polar surface area (TPSA) is 83.2 Å². The number of anilines is 1. The highest BCUT2D eigenvalue weighted by atomic mass is 35.5. The van der Waals surface area contributed by atoms with Gasteiger partial charge < -0.3 is 15.2 Å². The molecule has 122 valence electrons. The van der Waals surface area contributed by atoms with E-state index in [0.717, 1.165) is 46.2 Å². The van der Waals surface area contributed by atoms with Crippen LogP contribution in [0.1, 0.15) is 10.6 Å². The van der Waals surface area contributed by atoms with Gasteiger partial charge >= 0.3 is 0 Å². The minimum Gasteiger partial charge on any atom is -0.454 e. The SMILES string of the molecule is Nc1nc(-c2ccc3c(c2)OCO3)c(CCc2ccnc(Cl)n2)s1. The molecule has 0 saturated heterocycles. The maximum atomic E-state index is 5.93. The number of thiazole rings is 1. The smallest absolute Gasteiger partial charge is 0.231 e. The number of aryl methyl sites for hydroxylation is 2. The molecule has 2 N–H and O–H groups in total. The first-order valence-electron chi connectivity index (χ1n) is 7.31. The van der Waals surface area contributed by atoms with E-state index >= 15 is 0 Å². The lowest BCUT2D eigenvalue weighted by molar-refractivity contribution is 0.174. The van der Waals surface area contributed by atoms with Gasteiger partial charge in [-0.2, -0.15) is 0 Å². The van der Waals surface area contributed by atoms with Crippen LogP contribution in [0.15, 0.2) is 30.5 Å². The highest BCUT2D eigenvalue weighted by Crippen LogP contribution is 2.38. The van der Waals surface area contributed by atoms with Crippen molar-refractivity contribution in [1.29, 1.82) is 0 Å². The second-order valence-electron chi connectivity index (χ2n) is 5.21. The molecule has 0 aliphatic carbocycles. The number of hydrogen-bond acceptors (Lipinski definition) is 7. The molecule has 0 radical (unpaired) electrons. The van der Waals surface area contributed by atoms with Gasteiger partial charge in [-0.05, 0) is 48.7 Å². The van der Waals surface area contributed by atoms with Crippen LogP contribution >= 0.6 is 22.9 Å². The van der Waals surface area contributed by atoms with Gasteiger partial charge in [0.2, 0.25) is 12.1 Å². The van der Waals surface area contributed by atoms with E-state index in [0.29, 0.717) is 5.13 Å². The summed E-state index contributed by atoms with van der Waals surface area (Å²) in [6.45, 7) is 0.249. The van der Waals surface area contributed by atoms with E-state index in [4.69, 9.17) is 26.8 Å². The maximum Gasteiger partial charge on any atom is 0.231 e. The molecule has 0 saturated carbocycles. The number of benzene rings is 1. The lowest BCUT2D eigenvalue weighted by Gasteiger charge is -2.04. The molecule has 24 heavy (non-hydrogen) atoms. The zero-order chi connectivity index (χ0) is 16.5. The number of halogens is 1. The fourth-order valence-electron chi connectivity index (χ4n) is 2.56. The van der Waals surface area contributed by atoms with Gasteiger partial charge in [0.05, 0.1) is 5.69 Å². The predicted molar refractivity (Wildman–Crippen MR) is 92.5 cm³/mol. The van der Waals surface area contributed by atoms with Crippen LogP contribution in [0, 0.1) is 0 Å². The summed E-state index contributed by atoms with van der Waals surface area (Å²) in [5.41, 5.74) is 8.65. The van der Waals surface area contributed by atoms with Crippen LogP contribution in [0.3, 0.4) is 0 Å². The van der Waals surface area contributed by atoms with Crippen LogP contribution in [0.5, 0.6) is 11.5 Å². The number of aromatic nitrogens is 3. The number of fused-ring (bicyclic) bond motifs is 1. The van der Waals surface area contributed by atoms with Crippen molar-refractivity contribution in [2.75, 3.05) is 12.5 Å². The van der Waals surface area contributed by atoms with Crippen LogP contribution in [0.4, 0.5) is 5.13 Å². The lowest BCUT2D eigenvalue weighted by Crippen LogP contribution is -1.96. The van der Waals surface area contributed by atoms with Crippen molar-refractivity contribution in [2.45, 2.75) is 12.8 Å². The van der Waals surface area contributed by atoms with Crippen LogP contribution in [0.25, 0.3) is 11.3 Å². The van der Waals surface area contributed by atoms with Crippen molar-refractivity contribution in [3.05, 3.63) is 46.3 Å². The maximum absolute atomic E-state index is 5.93. The summed E-state index contributed by atoms with van der Waals surface area (Å²) in [7, 11) is 0. The Kier molecular flexibility index (Phi) is 3.95. The highest BCUT2D eigenvalue weighted by Gasteiger charge is 2.18. The third kappa shape index (κ3) is 3.00. The van der Waals surface area contributed by atoms with Gasteiger partial charge in [-0.25, -0.2) is 15.0 Å². The van der Waals surface area contributed by atoms with Crippen LogP contribution < -0.4 is 15.2 Å². The molecule has 0 spiro atoms. The van der Waals surface area contributed by atoms with Gasteiger partial charge in [-0.3, -0.25) is 0 Å². The molecule has 3 heterocycles. The molecule has 0 unspecified atom stereocenters. The summed E-state index contributed by atoms with van der Waals surface area (Å²) in [4.78, 5) is 13.7. The largest absolute Gasteiger partial charge is 0.454 e. The Morgan fingerprint density at radius 1 is 1.12 bits per heavy atom. The monoisotopic (exact) mass is 360 g/mol. The van der Waals surface area contributed by atoms with Crippen molar-refractivity contribution in [3.63, 3.8) is 0 Å². The summed E-state index contributed by atoms with van der Waals surface area (Å²) in [6, 6.07) is 7.65. The zero-order valence-electron chi connectivity index (χ0n) is 12.5. The van der Waals surface area contributed by atoms with Gasteiger partial charge in [-0.15, -0.1) is 11.3 Å². The quantitative estimate of drug-likeness (QED) is 0.718. The first-order valence-corrected chi connectivity index (χ1v) is 8.51. The Bertz CT molecular complexity index is 900. The van der Waals surface area contributed by atoms with Gasteiger partial charge in [0, 0.05) is 22.3 Å². The predicted octanol–water partition coefficient (Wildman–Crippen LogP) is 3.35. The molecule has 1 aliphatic rings. The van der Waals surface area contributed by atoms with E-state index in [9.17, 15) is 0 Å². The van der Waals surface area contributed by atoms with Crippen LogP contribution in [0.2, 0.25) is 5.28 Å². The minimum atomic E-state index is 0.249. The average molecular weight is 361 g/mol. The molecule has 4 rings (SSSR count). The van der Waals surface area contributed by atoms with E-state index in [2.05, 4.69) is 15.0 Å². The van der Waals surface area contributed by atoms with Gasteiger partial charge in [0.25, 0.3) is 0 Å². The molecule has 0 fully saturated rings. The molecular formula is C16H13ClN4O2S. The van der Waals surface area contributed by atoms with E-state index in [-0.39, 0.29) is 12.1 Å². The van der Waals surface area contributed by atoms with E-state index in [1.54, 1.807) is 6.20 Å². The van der Waals surface area contributed by atoms with Crippen molar-refractivity contribution >= 4 is 28.1 Å². The molecule has 6 nitrogen and oxygen atoms in total.